The molecule has 2 aromatic heterocycles. The van der Waals surface area contributed by atoms with Crippen molar-refractivity contribution in [3.05, 3.63) is 83.2 Å². The van der Waals surface area contributed by atoms with Crippen LogP contribution in [0.1, 0.15) is 48.0 Å². The first-order valence-electron chi connectivity index (χ1n) is 11.5. The molecule has 2 N–H and O–H groups in total. The molecule has 0 aliphatic carbocycles. The van der Waals surface area contributed by atoms with Gasteiger partial charge in [-0.3, -0.25) is 14.9 Å². The van der Waals surface area contributed by atoms with Crippen LogP contribution in [-0.2, 0) is 28.4 Å². The van der Waals surface area contributed by atoms with Gasteiger partial charge in [-0.25, -0.2) is 8.42 Å². The molecule has 0 saturated heterocycles. The minimum absolute atomic E-state index is 0.00911. The quantitative estimate of drug-likeness (QED) is 0.445. The van der Waals surface area contributed by atoms with Crippen molar-refractivity contribution in [1.29, 1.82) is 0 Å². The Morgan fingerprint density at radius 2 is 1.80 bits per heavy atom. The number of hydrogen-bond donors (Lipinski definition) is 2. The zero-order valence-electron chi connectivity index (χ0n) is 19.9. The fourth-order valence-electron chi connectivity index (χ4n) is 4.30. The van der Waals surface area contributed by atoms with Gasteiger partial charge in [0.25, 0.3) is 5.91 Å². The van der Waals surface area contributed by atoms with Gasteiger partial charge < -0.3 is 5.32 Å². The number of nitrogens with zero attached hydrogens (tertiary/aromatic N) is 3. The largest absolute Gasteiger partial charge is 0.305 e. The number of rotatable bonds is 4. The molecule has 9 heteroatoms. The van der Waals surface area contributed by atoms with E-state index < -0.39 is 10.0 Å². The topological polar surface area (TPSA) is 108 Å². The Bertz CT molecular complexity index is 1510. The van der Waals surface area contributed by atoms with Crippen molar-refractivity contribution < 1.29 is 13.2 Å². The zero-order chi connectivity index (χ0) is 24.8. The van der Waals surface area contributed by atoms with E-state index in [-0.39, 0.29) is 22.8 Å². The summed E-state index contributed by atoms with van der Waals surface area (Å²) in [6.07, 6.45) is 2.06. The van der Waals surface area contributed by atoms with Crippen LogP contribution < -0.4 is 5.32 Å². The van der Waals surface area contributed by atoms with Gasteiger partial charge in [0.05, 0.1) is 5.52 Å². The number of carbonyl (C=O) groups excluding carboxylic acids is 1. The van der Waals surface area contributed by atoms with Crippen molar-refractivity contribution in [2.75, 3.05) is 11.9 Å². The van der Waals surface area contributed by atoms with E-state index in [1.165, 1.54) is 4.31 Å². The second kappa shape index (κ2) is 8.58. The Hall–Kier alpha value is -3.56. The van der Waals surface area contributed by atoms with E-state index in [2.05, 4.69) is 41.3 Å². The van der Waals surface area contributed by atoms with E-state index in [4.69, 9.17) is 0 Å². The maximum absolute atomic E-state index is 13.6. The van der Waals surface area contributed by atoms with Crippen LogP contribution in [0.25, 0.3) is 10.9 Å². The maximum Gasteiger partial charge on any atom is 0.256 e. The predicted octanol–water partition coefficient (Wildman–Crippen LogP) is 4.25. The molecule has 0 radical (unpaired) electrons. The molecule has 1 aliphatic heterocycles. The monoisotopic (exact) mass is 489 g/mol. The molecule has 180 valence electrons. The summed E-state index contributed by atoms with van der Waals surface area (Å²) in [4.78, 5) is 17.4. The van der Waals surface area contributed by atoms with Gasteiger partial charge in [-0.1, -0.05) is 51.1 Å². The standard InChI is InChI=1S/C26H27N5O3S/c1-26(2,3)19-11-9-18(10-12-19)25(32)28-24-20-16-31(15-13-21(20)29-30-24)35(33,34)22-8-4-6-17-7-5-14-27-23(17)22/h4-12,14H,13,15-16H2,1-3H3,(H2,28,29,30,32). The number of benzene rings is 2. The molecule has 0 atom stereocenters. The molecule has 0 saturated carbocycles. The van der Waals surface area contributed by atoms with Crippen LogP contribution in [-0.4, -0.2) is 40.4 Å². The normalized spacial score (nSPS) is 14.6. The number of hydrogen-bond acceptors (Lipinski definition) is 5. The van der Waals surface area contributed by atoms with Crippen molar-refractivity contribution in [1.82, 2.24) is 19.5 Å². The van der Waals surface area contributed by atoms with Gasteiger partial charge in [0.2, 0.25) is 10.0 Å². The van der Waals surface area contributed by atoms with Crippen LogP contribution in [0.3, 0.4) is 0 Å². The first-order valence-corrected chi connectivity index (χ1v) is 12.9. The summed E-state index contributed by atoms with van der Waals surface area (Å²) in [6, 6.07) is 16.2. The van der Waals surface area contributed by atoms with Gasteiger partial charge in [0.1, 0.15) is 4.90 Å². The van der Waals surface area contributed by atoms with Gasteiger partial charge in [0.15, 0.2) is 5.82 Å². The number of fused-ring (bicyclic) bond motifs is 2. The Morgan fingerprint density at radius 1 is 1.06 bits per heavy atom. The van der Waals surface area contributed by atoms with Gasteiger partial charge in [-0.05, 0) is 35.2 Å². The lowest BCUT2D eigenvalue weighted by Gasteiger charge is -2.26. The first kappa shape index (κ1) is 23.2. The molecular weight excluding hydrogens is 462 g/mol. The summed E-state index contributed by atoms with van der Waals surface area (Å²) in [5.74, 6) is 0.0545. The summed E-state index contributed by atoms with van der Waals surface area (Å²) in [5.41, 5.74) is 3.58. The number of amides is 1. The number of pyridine rings is 1. The van der Waals surface area contributed by atoms with Crippen LogP contribution in [0, 0.1) is 0 Å². The Balaban J connectivity index is 1.39. The average Bonchev–Trinajstić information content (AvgIpc) is 3.25. The Kier molecular flexibility index (Phi) is 5.69. The molecule has 8 nitrogen and oxygen atoms in total. The van der Waals surface area contributed by atoms with E-state index in [9.17, 15) is 13.2 Å². The summed E-state index contributed by atoms with van der Waals surface area (Å²) < 4.78 is 28.6. The lowest BCUT2D eigenvalue weighted by Crippen LogP contribution is -2.36. The number of H-pyrrole nitrogens is 1. The third-order valence-electron chi connectivity index (χ3n) is 6.36. The van der Waals surface area contributed by atoms with Crippen molar-refractivity contribution in [3.63, 3.8) is 0 Å². The number of aromatic amines is 1. The van der Waals surface area contributed by atoms with E-state index in [0.29, 0.717) is 35.4 Å². The number of nitrogens with one attached hydrogen (secondary N) is 2. The molecule has 35 heavy (non-hydrogen) atoms. The van der Waals surface area contributed by atoms with E-state index >= 15 is 0 Å². The van der Waals surface area contributed by atoms with Gasteiger partial charge in [0, 0.05) is 47.9 Å². The van der Waals surface area contributed by atoms with Gasteiger partial charge >= 0.3 is 0 Å². The van der Waals surface area contributed by atoms with Gasteiger partial charge in [-0.15, -0.1) is 0 Å². The smallest absolute Gasteiger partial charge is 0.256 e. The third kappa shape index (κ3) is 4.33. The molecule has 1 amide bonds. The Labute approximate surface area is 204 Å². The minimum Gasteiger partial charge on any atom is -0.305 e. The summed E-state index contributed by atoms with van der Waals surface area (Å²) in [6.45, 7) is 6.77. The molecule has 2 aromatic carbocycles. The minimum atomic E-state index is -3.81. The third-order valence-corrected chi connectivity index (χ3v) is 8.23. The van der Waals surface area contributed by atoms with Crippen LogP contribution in [0.4, 0.5) is 5.82 Å². The number of para-hydroxylation sites is 1. The Morgan fingerprint density at radius 3 is 2.54 bits per heavy atom. The predicted molar refractivity (Wildman–Crippen MR) is 135 cm³/mol. The fraction of sp³-hybridized carbons (Fsp3) is 0.269. The summed E-state index contributed by atoms with van der Waals surface area (Å²) in [7, 11) is -3.81. The fourth-order valence-corrected chi connectivity index (χ4v) is 5.88. The molecule has 0 spiro atoms. The van der Waals surface area contributed by atoms with Crippen LogP contribution in [0.5, 0.6) is 0 Å². The first-order chi connectivity index (χ1) is 16.6. The number of anilines is 1. The van der Waals surface area contributed by atoms with Crippen molar-refractivity contribution >= 4 is 32.7 Å². The van der Waals surface area contributed by atoms with Crippen LogP contribution >= 0.6 is 0 Å². The highest BCUT2D eigenvalue weighted by Gasteiger charge is 2.33. The molecule has 0 bridgehead atoms. The molecule has 0 fully saturated rings. The summed E-state index contributed by atoms with van der Waals surface area (Å²) in [5, 5.41) is 10.8. The van der Waals surface area contributed by atoms with E-state index in [1.807, 2.05) is 24.3 Å². The van der Waals surface area contributed by atoms with Crippen molar-refractivity contribution in [2.24, 2.45) is 0 Å². The summed E-state index contributed by atoms with van der Waals surface area (Å²) >= 11 is 0. The highest BCUT2D eigenvalue weighted by Crippen LogP contribution is 2.31. The molecule has 3 heterocycles. The van der Waals surface area contributed by atoms with E-state index in [0.717, 1.165) is 16.6 Å². The molecule has 4 aromatic rings. The highest BCUT2D eigenvalue weighted by atomic mass is 32.2. The molecule has 1 aliphatic rings. The zero-order valence-corrected chi connectivity index (χ0v) is 20.7. The molecule has 0 unspecified atom stereocenters. The van der Waals surface area contributed by atoms with E-state index in [1.54, 1.807) is 36.5 Å². The van der Waals surface area contributed by atoms with Crippen molar-refractivity contribution in [2.45, 2.75) is 44.0 Å². The number of sulfonamides is 1. The maximum atomic E-state index is 13.6. The molecule has 5 rings (SSSR count). The SMILES string of the molecule is CC(C)(C)c1ccc(C(=O)Nc2n[nH]c3c2CN(S(=O)(=O)c2cccc4cccnc24)CC3)cc1. The van der Waals surface area contributed by atoms with Gasteiger partial charge in [-0.2, -0.15) is 9.40 Å². The average molecular weight is 490 g/mol. The number of aromatic nitrogens is 3. The molecular formula is C26H27N5O3S. The second-order valence-corrected chi connectivity index (χ2v) is 11.6. The highest BCUT2D eigenvalue weighted by molar-refractivity contribution is 7.89. The lowest BCUT2D eigenvalue weighted by atomic mass is 9.87. The van der Waals surface area contributed by atoms with Crippen molar-refractivity contribution in [3.8, 4) is 0 Å². The van der Waals surface area contributed by atoms with Crippen LogP contribution in [0.2, 0.25) is 0 Å². The number of carbonyl (C=O) groups is 1. The second-order valence-electron chi connectivity index (χ2n) is 9.73. The lowest BCUT2D eigenvalue weighted by molar-refractivity contribution is 0.102. The van der Waals surface area contributed by atoms with Crippen LogP contribution in [0.15, 0.2) is 65.7 Å².